The van der Waals surface area contributed by atoms with Crippen LogP contribution in [-0.4, -0.2) is 9.78 Å². The van der Waals surface area contributed by atoms with Crippen molar-refractivity contribution in [2.75, 3.05) is 0 Å². The zero-order chi connectivity index (χ0) is 13.3. The molecule has 0 aliphatic heterocycles. The van der Waals surface area contributed by atoms with Gasteiger partial charge in [-0.15, -0.1) is 0 Å². The molecular weight excluding hydrogens is 314 g/mol. The van der Waals surface area contributed by atoms with Crippen molar-refractivity contribution in [2.45, 2.75) is 26.9 Å². The second-order valence-corrected chi connectivity index (χ2v) is 5.47. The Morgan fingerprint density at radius 2 is 2.11 bits per heavy atom. The van der Waals surface area contributed by atoms with E-state index in [-0.39, 0.29) is 0 Å². The summed E-state index contributed by atoms with van der Waals surface area (Å²) in [4.78, 5) is 0. The second-order valence-electron chi connectivity index (χ2n) is 4.27. The Morgan fingerprint density at radius 1 is 1.39 bits per heavy atom. The highest BCUT2D eigenvalue weighted by molar-refractivity contribution is 9.10. The molecule has 0 atom stereocenters. The number of aromatic nitrogens is 2. The third kappa shape index (κ3) is 2.60. The van der Waals surface area contributed by atoms with Crippen molar-refractivity contribution in [3.8, 4) is 0 Å². The van der Waals surface area contributed by atoms with E-state index in [0.717, 1.165) is 32.0 Å². The number of nitrogens with two attached hydrogens (primary N) is 1. The highest BCUT2D eigenvalue weighted by Gasteiger charge is 2.10. The molecule has 0 saturated heterocycles. The first-order chi connectivity index (χ1) is 8.52. The van der Waals surface area contributed by atoms with E-state index < -0.39 is 0 Å². The number of hydrogen-bond donors (Lipinski definition) is 1. The molecule has 3 nitrogen and oxygen atoms in total. The number of aryl methyl sites for hydroxylation is 1. The van der Waals surface area contributed by atoms with Crippen molar-refractivity contribution in [3.05, 3.63) is 50.2 Å². The lowest BCUT2D eigenvalue weighted by Crippen LogP contribution is -2.05. The number of benzene rings is 1. The Hall–Kier alpha value is -0.840. The standard InChI is InChI=1S/C13H15BrClN3/c1-8-13(14)9(2)18(17-8)7-11-4-3-10(6-16)5-12(11)15/h3-5H,6-7,16H2,1-2H3. The fraction of sp³-hybridized carbons (Fsp3) is 0.308. The molecule has 0 bridgehead atoms. The summed E-state index contributed by atoms with van der Waals surface area (Å²) < 4.78 is 3.00. The summed E-state index contributed by atoms with van der Waals surface area (Å²) in [7, 11) is 0. The summed E-state index contributed by atoms with van der Waals surface area (Å²) in [5.74, 6) is 0. The van der Waals surface area contributed by atoms with E-state index in [4.69, 9.17) is 17.3 Å². The molecule has 0 aliphatic rings. The van der Waals surface area contributed by atoms with E-state index in [9.17, 15) is 0 Å². The van der Waals surface area contributed by atoms with Crippen LogP contribution in [0.4, 0.5) is 0 Å². The molecule has 1 heterocycles. The van der Waals surface area contributed by atoms with Crippen LogP contribution in [0.2, 0.25) is 5.02 Å². The number of rotatable bonds is 3. The van der Waals surface area contributed by atoms with Crippen molar-refractivity contribution in [2.24, 2.45) is 5.73 Å². The van der Waals surface area contributed by atoms with Gasteiger partial charge in [-0.3, -0.25) is 4.68 Å². The van der Waals surface area contributed by atoms with Gasteiger partial charge in [0.05, 0.1) is 22.4 Å². The number of hydrogen-bond acceptors (Lipinski definition) is 2. The van der Waals surface area contributed by atoms with E-state index in [1.54, 1.807) is 0 Å². The molecule has 5 heteroatoms. The highest BCUT2D eigenvalue weighted by atomic mass is 79.9. The predicted molar refractivity (Wildman–Crippen MR) is 77.8 cm³/mol. The maximum atomic E-state index is 6.25. The van der Waals surface area contributed by atoms with Gasteiger partial charge in [-0.2, -0.15) is 5.10 Å². The summed E-state index contributed by atoms with van der Waals surface area (Å²) in [6.45, 7) is 5.19. The van der Waals surface area contributed by atoms with Crippen molar-refractivity contribution in [1.29, 1.82) is 0 Å². The zero-order valence-electron chi connectivity index (χ0n) is 10.4. The molecule has 0 amide bonds. The molecule has 1 aromatic heterocycles. The van der Waals surface area contributed by atoms with Gasteiger partial charge in [0.15, 0.2) is 0 Å². The van der Waals surface area contributed by atoms with Gasteiger partial charge in [0.25, 0.3) is 0 Å². The van der Waals surface area contributed by atoms with Gasteiger partial charge in [-0.1, -0.05) is 23.7 Å². The quantitative estimate of drug-likeness (QED) is 0.938. The summed E-state index contributed by atoms with van der Waals surface area (Å²) in [6, 6.07) is 5.93. The van der Waals surface area contributed by atoms with E-state index in [2.05, 4.69) is 21.0 Å². The minimum absolute atomic E-state index is 0.505. The number of halogens is 2. The molecule has 18 heavy (non-hydrogen) atoms. The Kier molecular flexibility index (Phi) is 4.10. The molecule has 0 saturated carbocycles. The van der Waals surface area contributed by atoms with Crippen LogP contribution in [0.3, 0.4) is 0 Å². The topological polar surface area (TPSA) is 43.8 Å². The van der Waals surface area contributed by atoms with Crippen LogP contribution in [0.15, 0.2) is 22.7 Å². The molecule has 0 unspecified atom stereocenters. The van der Waals surface area contributed by atoms with Crippen LogP contribution in [0.25, 0.3) is 0 Å². The molecular formula is C13H15BrClN3. The Bertz CT molecular complexity index is 578. The van der Waals surface area contributed by atoms with Crippen LogP contribution in [0.1, 0.15) is 22.5 Å². The highest BCUT2D eigenvalue weighted by Crippen LogP contribution is 2.23. The fourth-order valence-corrected chi connectivity index (χ4v) is 2.38. The van der Waals surface area contributed by atoms with E-state index in [1.807, 2.05) is 36.7 Å². The molecule has 0 spiro atoms. The van der Waals surface area contributed by atoms with Crippen molar-refractivity contribution in [3.63, 3.8) is 0 Å². The second kappa shape index (κ2) is 5.43. The number of nitrogens with zero attached hydrogens (tertiary/aromatic N) is 2. The van der Waals surface area contributed by atoms with Gasteiger partial charge in [0.1, 0.15) is 0 Å². The molecule has 2 rings (SSSR count). The van der Waals surface area contributed by atoms with E-state index in [1.165, 1.54) is 0 Å². The average molecular weight is 329 g/mol. The summed E-state index contributed by atoms with van der Waals surface area (Å²) in [5.41, 5.74) is 9.77. The molecule has 96 valence electrons. The Balaban J connectivity index is 2.31. The third-order valence-corrected chi connectivity index (χ3v) is 4.47. The Labute approximate surface area is 120 Å². The largest absolute Gasteiger partial charge is 0.326 e. The van der Waals surface area contributed by atoms with Crippen LogP contribution >= 0.6 is 27.5 Å². The van der Waals surface area contributed by atoms with Crippen LogP contribution < -0.4 is 5.73 Å². The molecule has 1 aromatic carbocycles. The van der Waals surface area contributed by atoms with Crippen molar-refractivity contribution < 1.29 is 0 Å². The van der Waals surface area contributed by atoms with Gasteiger partial charge in [0.2, 0.25) is 0 Å². The predicted octanol–water partition coefficient (Wildman–Crippen LogP) is 3.42. The van der Waals surface area contributed by atoms with Gasteiger partial charge in [0, 0.05) is 11.6 Å². The van der Waals surface area contributed by atoms with Gasteiger partial charge >= 0.3 is 0 Å². The summed E-state index contributed by atoms with van der Waals surface area (Å²) in [5, 5.41) is 5.21. The molecule has 2 aromatic rings. The van der Waals surface area contributed by atoms with Gasteiger partial charge < -0.3 is 5.73 Å². The van der Waals surface area contributed by atoms with Gasteiger partial charge in [-0.25, -0.2) is 0 Å². The first-order valence-corrected chi connectivity index (χ1v) is 6.87. The van der Waals surface area contributed by atoms with Crippen molar-refractivity contribution >= 4 is 27.5 Å². The minimum atomic E-state index is 0.505. The molecule has 0 radical (unpaired) electrons. The SMILES string of the molecule is Cc1nn(Cc2ccc(CN)cc2Cl)c(C)c1Br. The fourth-order valence-electron chi connectivity index (χ4n) is 1.84. The lowest BCUT2D eigenvalue weighted by atomic mass is 10.1. The molecule has 0 fully saturated rings. The summed E-state index contributed by atoms with van der Waals surface area (Å²) in [6.07, 6.45) is 0. The van der Waals surface area contributed by atoms with Crippen molar-refractivity contribution in [1.82, 2.24) is 9.78 Å². The minimum Gasteiger partial charge on any atom is -0.326 e. The zero-order valence-corrected chi connectivity index (χ0v) is 12.7. The lowest BCUT2D eigenvalue weighted by Gasteiger charge is -2.08. The maximum Gasteiger partial charge on any atom is 0.0738 e. The monoisotopic (exact) mass is 327 g/mol. The lowest BCUT2D eigenvalue weighted by molar-refractivity contribution is 0.658. The summed E-state index contributed by atoms with van der Waals surface area (Å²) >= 11 is 9.77. The third-order valence-electron chi connectivity index (χ3n) is 2.97. The first-order valence-electron chi connectivity index (χ1n) is 5.69. The first kappa shape index (κ1) is 13.6. The smallest absolute Gasteiger partial charge is 0.0738 e. The maximum absolute atomic E-state index is 6.25. The van der Waals surface area contributed by atoms with Crippen LogP contribution in [0, 0.1) is 13.8 Å². The molecule has 2 N–H and O–H groups in total. The van der Waals surface area contributed by atoms with E-state index >= 15 is 0 Å². The van der Waals surface area contributed by atoms with Gasteiger partial charge in [-0.05, 0) is 47.0 Å². The average Bonchev–Trinajstić information content (AvgIpc) is 2.59. The van der Waals surface area contributed by atoms with Crippen LogP contribution in [0.5, 0.6) is 0 Å². The normalized spacial score (nSPS) is 10.9. The van der Waals surface area contributed by atoms with E-state index in [0.29, 0.717) is 13.1 Å². The Morgan fingerprint density at radius 3 is 2.61 bits per heavy atom. The molecule has 0 aliphatic carbocycles. The van der Waals surface area contributed by atoms with Crippen LogP contribution in [-0.2, 0) is 13.1 Å².